The summed E-state index contributed by atoms with van der Waals surface area (Å²) in [6.07, 6.45) is 17.3. The molecular weight excluding hydrogens is 578 g/mol. The number of carboxylic acid groups (broad SMARTS) is 2. The number of allylic oxidation sites excluding steroid dienone is 1. The van der Waals surface area contributed by atoms with Crippen LogP contribution in [0, 0.1) is 56.7 Å². The molecule has 1 aromatic rings. The third-order valence-electron chi connectivity index (χ3n) is 15.2. The fourth-order valence-electron chi connectivity index (χ4n) is 12.6. The van der Waals surface area contributed by atoms with E-state index >= 15 is 0 Å². The Morgan fingerprint density at radius 2 is 1.61 bits per heavy atom. The van der Waals surface area contributed by atoms with Crippen molar-refractivity contribution in [2.45, 2.75) is 131 Å². The monoisotopic (exact) mass is 639 g/mol. The molecule has 2 heterocycles. The summed E-state index contributed by atoms with van der Waals surface area (Å²) in [5.74, 6) is 1.07. The van der Waals surface area contributed by atoms with Gasteiger partial charge in [-0.25, -0.2) is 4.98 Å². The fraction of sp³-hybridized carbons (Fsp3) is 0.816. The zero-order chi connectivity index (χ0) is 33.7. The number of aliphatic hydroxyl groups is 1. The van der Waals surface area contributed by atoms with Crippen molar-refractivity contribution in [1.82, 2.24) is 15.3 Å². The molecule has 11 atom stereocenters. The van der Waals surface area contributed by atoms with Crippen LogP contribution in [0.5, 0.6) is 0 Å². The van der Waals surface area contributed by atoms with E-state index < -0.39 is 17.4 Å². The van der Waals surface area contributed by atoms with Crippen LogP contribution in [0.25, 0.3) is 0 Å². The lowest BCUT2D eigenvalue weighted by molar-refractivity contribution is -0.248. The first-order valence-corrected chi connectivity index (χ1v) is 18.0. The molecule has 258 valence electrons. The van der Waals surface area contributed by atoms with Crippen LogP contribution < -0.4 is 5.32 Å². The van der Waals surface area contributed by atoms with Crippen molar-refractivity contribution in [3.05, 3.63) is 30.9 Å². The van der Waals surface area contributed by atoms with Gasteiger partial charge in [-0.05, 0) is 142 Å². The van der Waals surface area contributed by atoms with Crippen LogP contribution in [0.4, 0.5) is 0 Å². The van der Waals surface area contributed by atoms with Gasteiger partial charge in [0.25, 0.3) is 0 Å². The number of H-pyrrole nitrogens is 1. The second kappa shape index (κ2) is 12.7. The van der Waals surface area contributed by atoms with Crippen molar-refractivity contribution in [3.8, 4) is 0 Å². The first-order chi connectivity index (χ1) is 21.6. The molecule has 1 aliphatic heterocycles. The molecule has 1 unspecified atom stereocenters. The minimum absolute atomic E-state index is 0.0202. The number of imidazole rings is 1. The van der Waals surface area contributed by atoms with Gasteiger partial charge in [-0.2, -0.15) is 0 Å². The Morgan fingerprint density at radius 1 is 0.870 bits per heavy atom. The van der Waals surface area contributed by atoms with Gasteiger partial charge in [-0.3, -0.25) is 9.59 Å². The molecule has 46 heavy (non-hydrogen) atoms. The Labute approximate surface area is 276 Å². The minimum atomic E-state index is -0.720. The molecule has 7 rings (SSSR count). The molecular formula is C38H61N3O5. The van der Waals surface area contributed by atoms with E-state index in [1.54, 1.807) is 18.7 Å². The van der Waals surface area contributed by atoms with Gasteiger partial charge in [0.05, 0.1) is 17.8 Å². The van der Waals surface area contributed by atoms with Gasteiger partial charge in [0, 0.05) is 12.4 Å². The number of hydrogen-bond acceptors (Lipinski definition) is 5. The van der Waals surface area contributed by atoms with Gasteiger partial charge in [0.15, 0.2) is 0 Å². The standard InChI is InChI=1S/C30H48O3.C5H9NO2.C3H4N2/c1-18(2)19-10-15-30(25(32)33)17-16-28(6)20(24(19)30)8-9-22-27(5)13-12-23(31)26(3,4)21(27)11-14-29(22,28)7;7-5(8)4-2-1-3-6-4;1-2-5-3-4-1/h19-24,31H,1,8-17H2,2-7H3,(H,32,33);4,6H,1-3H2,(H,7,8);1-3H,(H,4,5)/t19-,20+,21-,22+,23-,24+,27-,28+,29+,30-;;/m0../s1. The van der Waals surface area contributed by atoms with Gasteiger partial charge in [0.2, 0.25) is 0 Å². The van der Waals surface area contributed by atoms with Crippen LogP contribution >= 0.6 is 0 Å². The Bertz CT molecular complexity index is 1240. The van der Waals surface area contributed by atoms with Crippen LogP contribution in [-0.2, 0) is 9.59 Å². The summed E-state index contributed by atoms with van der Waals surface area (Å²) in [5, 5.41) is 32.6. The number of carbonyl (C=O) groups is 2. The van der Waals surface area contributed by atoms with Gasteiger partial charge >= 0.3 is 11.9 Å². The summed E-state index contributed by atoms with van der Waals surface area (Å²) in [6, 6.07) is -0.269. The summed E-state index contributed by atoms with van der Waals surface area (Å²) in [6.45, 7) is 19.7. The van der Waals surface area contributed by atoms with Gasteiger partial charge < -0.3 is 25.6 Å². The van der Waals surface area contributed by atoms with Crippen molar-refractivity contribution < 1.29 is 24.9 Å². The molecule has 0 spiro atoms. The lowest BCUT2D eigenvalue weighted by Gasteiger charge is -2.72. The van der Waals surface area contributed by atoms with E-state index in [2.05, 4.69) is 63.4 Å². The normalized spacial score (nSPS) is 45.2. The number of aromatic nitrogens is 2. The molecule has 5 N–H and O–H groups in total. The molecule has 6 fully saturated rings. The van der Waals surface area contributed by atoms with E-state index in [0.717, 1.165) is 57.9 Å². The Balaban J connectivity index is 0.000000265. The highest BCUT2D eigenvalue weighted by Gasteiger charge is 2.72. The summed E-state index contributed by atoms with van der Waals surface area (Å²) >= 11 is 0. The zero-order valence-electron chi connectivity index (χ0n) is 29.3. The van der Waals surface area contributed by atoms with E-state index in [-0.39, 0.29) is 39.7 Å². The smallest absolute Gasteiger partial charge is 0.320 e. The Kier molecular flexibility index (Phi) is 9.69. The highest BCUT2D eigenvalue weighted by Crippen LogP contribution is 2.77. The predicted octanol–water partition coefficient (Wildman–Crippen LogP) is 7.32. The maximum atomic E-state index is 12.8. The topological polar surface area (TPSA) is 136 Å². The number of rotatable bonds is 3. The third-order valence-corrected chi connectivity index (χ3v) is 15.2. The van der Waals surface area contributed by atoms with E-state index in [0.29, 0.717) is 23.7 Å². The number of hydrogen-bond donors (Lipinski definition) is 5. The maximum absolute atomic E-state index is 12.8. The molecule has 8 nitrogen and oxygen atoms in total. The molecule has 8 heteroatoms. The van der Waals surface area contributed by atoms with E-state index in [4.69, 9.17) is 5.11 Å². The highest BCUT2D eigenvalue weighted by atomic mass is 16.4. The minimum Gasteiger partial charge on any atom is -0.481 e. The molecule has 0 aromatic carbocycles. The molecule has 1 aromatic heterocycles. The number of carboxylic acids is 2. The van der Waals surface area contributed by atoms with Crippen molar-refractivity contribution in [2.75, 3.05) is 6.54 Å². The highest BCUT2D eigenvalue weighted by molar-refractivity contribution is 5.76. The lowest BCUT2D eigenvalue weighted by atomic mass is 9.32. The second-order valence-electron chi connectivity index (χ2n) is 17.3. The first kappa shape index (κ1) is 35.1. The van der Waals surface area contributed by atoms with Crippen LogP contribution in [-0.4, -0.2) is 55.9 Å². The van der Waals surface area contributed by atoms with E-state index in [1.165, 1.54) is 31.3 Å². The first-order valence-electron chi connectivity index (χ1n) is 18.0. The summed E-state index contributed by atoms with van der Waals surface area (Å²) < 4.78 is 0. The molecule has 0 radical (unpaired) electrons. The Morgan fingerprint density at radius 3 is 2.13 bits per heavy atom. The van der Waals surface area contributed by atoms with Gasteiger partial charge in [-0.15, -0.1) is 0 Å². The van der Waals surface area contributed by atoms with Crippen LogP contribution in [0.15, 0.2) is 30.9 Å². The lowest BCUT2D eigenvalue weighted by Crippen LogP contribution is -2.67. The van der Waals surface area contributed by atoms with E-state index in [9.17, 15) is 19.8 Å². The summed E-state index contributed by atoms with van der Waals surface area (Å²) in [4.78, 5) is 29.3. The molecule has 5 aliphatic carbocycles. The Hall–Kier alpha value is -2.19. The number of fused-ring (bicyclic) bond motifs is 7. The molecule has 5 saturated carbocycles. The quantitative estimate of drug-likeness (QED) is 0.219. The van der Waals surface area contributed by atoms with Crippen LogP contribution in [0.2, 0.25) is 0 Å². The number of aromatic amines is 1. The fourth-order valence-corrected chi connectivity index (χ4v) is 12.6. The van der Waals surface area contributed by atoms with E-state index in [1.807, 2.05) is 0 Å². The number of aliphatic carboxylic acids is 2. The zero-order valence-corrected chi connectivity index (χ0v) is 29.3. The van der Waals surface area contributed by atoms with Gasteiger partial charge in [0.1, 0.15) is 6.04 Å². The molecule has 1 saturated heterocycles. The van der Waals surface area contributed by atoms with Crippen molar-refractivity contribution in [1.29, 1.82) is 0 Å². The van der Waals surface area contributed by atoms with Gasteiger partial charge in [-0.1, -0.05) is 46.8 Å². The van der Waals surface area contributed by atoms with Crippen molar-refractivity contribution in [2.24, 2.45) is 56.7 Å². The maximum Gasteiger partial charge on any atom is 0.320 e. The average Bonchev–Trinajstić information content (AvgIpc) is 3.79. The molecule has 0 bridgehead atoms. The largest absolute Gasteiger partial charge is 0.481 e. The summed E-state index contributed by atoms with van der Waals surface area (Å²) in [5.41, 5.74) is 1.35. The number of aliphatic hydroxyl groups excluding tert-OH is 1. The number of nitrogens with one attached hydrogen (secondary N) is 2. The van der Waals surface area contributed by atoms with Crippen molar-refractivity contribution >= 4 is 11.9 Å². The third kappa shape index (κ3) is 5.47. The van der Waals surface area contributed by atoms with Crippen LogP contribution in [0.1, 0.15) is 119 Å². The van der Waals surface area contributed by atoms with Crippen LogP contribution in [0.3, 0.4) is 0 Å². The molecule has 6 aliphatic rings. The van der Waals surface area contributed by atoms with Crippen molar-refractivity contribution in [3.63, 3.8) is 0 Å². The average molecular weight is 640 g/mol. The second-order valence-corrected chi connectivity index (χ2v) is 17.3. The molecule has 0 amide bonds. The predicted molar refractivity (Wildman–Crippen MR) is 180 cm³/mol. The summed E-state index contributed by atoms with van der Waals surface area (Å²) in [7, 11) is 0. The number of nitrogens with zero attached hydrogens (tertiary/aromatic N) is 1. The SMILES string of the molecule is C=C(C)[C@@H]1CC[C@]2(C(=O)O)CC[C@]3(C)[C@H](CC[C@@H]4[C@@]5(C)CC[C@H](O)C(C)(C)[C@@H]5CC[C@]43C)[C@@H]12.O=C(O)C1CCCN1.c1c[nH]cn1.